The molecule has 0 atom stereocenters. The molecule has 0 aliphatic heterocycles. The maximum Gasteiger partial charge on any atom is 0.232 e. The predicted molar refractivity (Wildman–Crippen MR) is 109 cm³/mol. The van der Waals surface area contributed by atoms with Gasteiger partial charge in [-0.1, -0.05) is 36.4 Å². The SMILES string of the molecule is CC(C)(CO)C(=O)Nc1ccc2[nH]nc(-c3ccc4ccccc4c3)c2c1. The number of nitrogens with one attached hydrogen (secondary N) is 2. The van der Waals surface area contributed by atoms with Crippen LogP contribution in [0.3, 0.4) is 0 Å². The van der Waals surface area contributed by atoms with Gasteiger partial charge in [-0.3, -0.25) is 9.89 Å². The third kappa shape index (κ3) is 3.17. The summed E-state index contributed by atoms with van der Waals surface area (Å²) in [5.74, 6) is -0.222. The second-order valence-electron chi connectivity index (χ2n) is 7.39. The number of amides is 1. The summed E-state index contributed by atoms with van der Waals surface area (Å²) >= 11 is 0. The zero-order valence-electron chi connectivity index (χ0n) is 15.3. The van der Waals surface area contributed by atoms with Crippen molar-refractivity contribution >= 4 is 33.3 Å². The summed E-state index contributed by atoms with van der Waals surface area (Å²) in [5, 5.41) is 23.1. The molecular weight excluding hydrogens is 338 g/mol. The molecule has 3 N–H and O–H groups in total. The first-order valence-corrected chi connectivity index (χ1v) is 8.87. The van der Waals surface area contributed by atoms with E-state index in [1.54, 1.807) is 13.8 Å². The minimum Gasteiger partial charge on any atom is -0.395 e. The molecule has 4 rings (SSSR count). The second-order valence-corrected chi connectivity index (χ2v) is 7.39. The van der Waals surface area contributed by atoms with Gasteiger partial charge in [0, 0.05) is 16.6 Å². The van der Waals surface area contributed by atoms with Crippen LogP contribution in [0.4, 0.5) is 5.69 Å². The van der Waals surface area contributed by atoms with Gasteiger partial charge < -0.3 is 10.4 Å². The first-order valence-electron chi connectivity index (χ1n) is 8.87. The number of carbonyl (C=O) groups excluding carboxylic acids is 1. The molecule has 5 nitrogen and oxygen atoms in total. The average Bonchev–Trinajstić information content (AvgIpc) is 3.10. The van der Waals surface area contributed by atoms with Crippen molar-refractivity contribution in [2.75, 3.05) is 11.9 Å². The van der Waals surface area contributed by atoms with Crippen molar-refractivity contribution in [1.82, 2.24) is 10.2 Å². The van der Waals surface area contributed by atoms with Crippen LogP contribution in [-0.4, -0.2) is 27.8 Å². The highest BCUT2D eigenvalue weighted by atomic mass is 16.3. The number of aromatic amines is 1. The van der Waals surface area contributed by atoms with Crippen molar-refractivity contribution in [2.24, 2.45) is 5.41 Å². The van der Waals surface area contributed by atoms with Crippen LogP contribution < -0.4 is 5.32 Å². The summed E-state index contributed by atoms with van der Waals surface area (Å²) in [7, 11) is 0. The second kappa shape index (κ2) is 6.52. The fourth-order valence-electron chi connectivity index (χ4n) is 3.02. The normalized spacial score (nSPS) is 11.8. The number of carbonyl (C=O) groups is 1. The Bertz CT molecular complexity index is 1140. The van der Waals surface area contributed by atoms with Crippen molar-refractivity contribution in [3.8, 4) is 11.3 Å². The lowest BCUT2D eigenvalue weighted by molar-refractivity contribution is -0.125. The molecule has 0 unspecified atom stereocenters. The van der Waals surface area contributed by atoms with Gasteiger partial charge in [-0.15, -0.1) is 0 Å². The Balaban J connectivity index is 1.74. The minimum absolute atomic E-state index is 0.213. The number of rotatable bonds is 4. The smallest absolute Gasteiger partial charge is 0.232 e. The Morgan fingerprint density at radius 3 is 2.63 bits per heavy atom. The van der Waals surface area contributed by atoms with E-state index in [9.17, 15) is 9.90 Å². The lowest BCUT2D eigenvalue weighted by Gasteiger charge is -2.20. The van der Waals surface area contributed by atoms with Crippen LogP contribution in [0.2, 0.25) is 0 Å². The van der Waals surface area contributed by atoms with Crippen LogP contribution in [0.1, 0.15) is 13.8 Å². The Hall–Kier alpha value is -3.18. The minimum atomic E-state index is -0.841. The first kappa shape index (κ1) is 17.2. The van der Waals surface area contributed by atoms with E-state index in [4.69, 9.17) is 0 Å². The number of aliphatic hydroxyl groups is 1. The molecular formula is C22H21N3O2. The van der Waals surface area contributed by atoms with E-state index in [-0.39, 0.29) is 12.5 Å². The average molecular weight is 359 g/mol. The highest BCUT2D eigenvalue weighted by Crippen LogP contribution is 2.31. The van der Waals surface area contributed by atoms with Crippen LogP contribution in [0.15, 0.2) is 60.7 Å². The molecule has 27 heavy (non-hydrogen) atoms. The molecule has 0 saturated heterocycles. The molecule has 0 bridgehead atoms. The maximum absolute atomic E-state index is 12.3. The first-order chi connectivity index (χ1) is 13.0. The lowest BCUT2D eigenvalue weighted by Crippen LogP contribution is -2.33. The Morgan fingerprint density at radius 2 is 1.85 bits per heavy atom. The fourth-order valence-corrected chi connectivity index (χ4v) is 3.02. The summed E-state index contributed by atoms with van der Waals surface area (Å²) in [6.07, 6.45) is 0. The van der Waals surface area contributed by atoms with Crippen LogP contribution in [0.25, 0.3) is 32.9 Å². The van der Waals surface area contributed by atoms with Gasteiger partial charge in [0.15, 0.2) is 0 Å². The molecule has 0 fully saturated rings. The Morgan fingerprint density at radius 1 is 1.07 bits per heavy atom. The number of aliphatic hydroxyl groups excluding tert-OH is 1. The molecule has 5 heteroatoms. The van der Waals surface area contributed by atoms with Crippen molar-refractivity contribution in [3.05, 3.63) is 60.7 Å². The van der Waals surface area contributed by atoms with E-state index >= 15 is 0 Å². The van der Waals surface area contributed by atoms with E-state index < -0.39 is 5.41 Å². The lowest BCUT2D eigenvalue weighted by atomic mass is 9.93. The summed E-state index contributed by atoms with van der Waals surface area (Å²) in [4.78, 5) is 12.3. The molecule has 0 saturated carbocycles. The molecule has 0 spiro atoms. The molecule has 1 amide bonds. The molecule has 136 valence electrons. The molecule has 0 aliphatic carbocycles. The van der Waals surface area contributed by atoms with Crippen LogP contribution in [0, 0.1) is 5.41 Å². The summed E-state index contributed by atoms with van der Waals surface area (Å²) < 4.78 is 0. The Labute approximate surface area is 157 Å². The van der Waals surface area contributed by atoms with Crippen molar-refractivity contribution in [3.63, 3.8) is 0 Å². The number of benzene rings is 3. The largest absolute Gasteiger partial charge is 0.395 e. The number of nitrogens with zero attached hydrogens (tertiary/aromatic N) is 1. The van der Waals surface area contributed by atoms with Crippen LogP contribution in [0.5, 0.6) is 0 Å². The number of hydrogen-bond donors (Lipinski definition) is 3. The quantitative estimate of drug-likeness (QED) is 0.507. The molecule has 1 heterocycles. The van der Waals surface area contributed by atoms with Gasteiger partial charge in [-0.25, -0.2) is 0 Å². The fraction of sp³-hybridized carbons (Fsp3) is 0.182. The molecule has 1 aromatic heterocycles. The molecule has 0 aliphatic rings. The number of fused-ring (bicyclic) bond motifs is 2. The zero-order chi connectivity index (χ0) is 19.0. The molecule has 3 aromatic carbocycles. The van der Waals surface area contributed by atoms with Crippen LogP contribution in [-0.2, 0) is 4.79 Å². The van der Waals surface area contributed by atoms with Gasteiger partial charge in [0.2, 0.25) is 5.91 Å². The number of H-pyrrole nitrogens is 1. The third-order valence-electron chi connectivity index (χ3n) is 4.85. The van der Waals surface area contributed by atoms with Gasteiger partial charge in [0.1, 0.15) is 0 Å². The number of anilines is 1. The number of aromatic nitrogens is 2. The maximum atomic E-state index is 12.3. The van der Waals surface area contributed by atoms with Gasteiger partial charge in [0.25, 0.3) is 0 Å². The topological polar surface area (TPSA) is 78.0 Å². The highest BCUT2D eigenvalue weighted by Gasteiger charge is 2.26. The third-order valence-corrected chi connectivity index (χ3v) is 4.85. The summed E-state index contributed by atoms with van der Waals surface area (Å²) in [6.45, 7) is 3.20. The monoisotopic (exact) mass is 359 g/mol. The summed E-state index contributed by atoms with van der Waals surface area (Å²) in [5.41, 5.74) is 2.59. The van der Waals surface area contributed by atoms with Gasteiger partial charge in [-0.2, -0.15) is 5.10 Å². The Kier molecular flexibility index (Phi) is 4.16. The van der Waals surface area contributed by atoms with E-state index in [1.165, 1.54) is 5.39 Å². The standard InChI is InChI=1S/C22H21N3O2/c1-22(2,13-26)21(27)23-17-9-10-19-18(12-17)20(25-24-19)16-8-7-14-5-3-4-6-15(14)11-16/h3-12,26H,13H2,1-2H3,(H,23,27)(H,24,25). The van der Waals surface area contributed by atoms with Gasteiger partial charge in [0.05, 0.1) is 23.2 Å². The van der Waals surface area contributed by atoms with Gasteiger partial charge >= 0.3 is 0 Å². The zero-order valence-corrected chi connectivity index (χ0v) is 15.3. The van der Waals surface area contributed by atoms with Crippen molar-refractivity contribution < 1.29 is 9.90 Å². The van der Waals surface area contributed by atoms with Crippen molar-refractivity contribution in [2.45, 2.75) is 13.8 Å². The molecule has 4 aromatic rings. The van der Waals surface area contributed by atoms with E-state index in [0.29, 0.717) is 5.69 Å². The highest BCUT2D eigenvalue weighted by molar-refractivity contribution is 6.00. The van der Waals surface area contributed by atoms with Crippen LogP contribution >= 0.6 is 0 Å². The van der Waals surface area contributed by atoms with Crippen molar-refractivity contribution in [1.29, 1.82) is 0 Å². The number of hydrogen-bond acceptors (Lipinski definition) is 3. The molecule has 0 radical (unpaired) electrons. The summed E-state index contributed by atoms with van der Waals surface area (Å²) in [6, 6.07) is 20.1. The predicted octanol–water partition coefficient (Wildman–Crippen LogP) is 4.34. The van der Waals surface area contributed by atoms with E-state index in [2.05, 4.69) is 45.8 Å². The van der Waals surface area contributed by atoms with E-state index in [1.807, 2.05) is 30.3 Å². The van der Waals surface area contributed by atoms with E-state index in [0.717, 1.165) is 27.5 Å². The van der Waals surface area contributed by atoms with Gasteiger partial charge in [-0.05, 0) is 48.9 Å².